The zero-order valence-electron chi connectivity index (χ0n) is 9.79. The van der Waals surface area contributed by atoms with Crippen LogP contribution in [0, 0.1) is 6.92 Å². The van der Waals surface area contributed by atoms with Crippen molar-refractivity contribution in [3.8, 4) is 0 Å². The summed E-state index contributed by atoms with van der Waals surface area (Å²) in [7, 11) is 0. The van der Waals surface area contributed by atoms with Crippen molar-refractivity contribution in [3.05, 3.63) is 17.5 Å². The van der Waals surface area contributed by atoms with Crippen LogP contribution in [0.3, 0.4) is 0 Å². The first-order valence-electron chi connectivity index (χ1n) is 6.06. The van der Waals surface area contributed by atoms with Gasteiger partial charge in [-0.1, -0.05) is 0 Å². The highest BCUT2D eigenvalue weighted by molar-refractivity contribution is 5.09. The van der Waals surface area contributed by atoms with E-state index in [9.17, 15) is 0 Å². The first-order valence-corrected chi connectivity index (χ1v) is 6.06. The molecular weight excluding hydrogens is 186 g/mol. The predicted molar refractivity (Wildman–Crippen MR) is 62.0 cm³/mol. The van der Waals surface area contributed by atoms with Gasteiger partial charge in [0, 0.05) is 18.3 Å². The van der Waals surface area contributed by atoms with Gasteiger partial charge in [-0.25, -0.2) is 0 Å². The van der Waals surface area contributed by atoms with Crippen molar-refractivity contribution in [1.29, 1.82) is 0 Å². The summed E-state index contributed by atoms with van der Waals surface area (Å²) >= 11 is 0. The van der Waals surface area contributed by atoms with Crippen molar-refractivity contribution in [1.82, 2.24) is 15.1 Å². The van der Waals surface area contributed by atoms with Crippen LogP contribution in [-0.4, -0.2) is 22.4 Å². The molecule has 1 aliphatic rings. The number of nitrogens with one attached hydrogen (secondary N) is 1. The molecule has 0 unspecified atom stereocenters. The molecule has 2 rings (SSSR count). The van der Waals surface area contributed by atoms with Crippen molar-refractivity contribution in [3.63, 3.8) is 0 Å². The lowest BCUT2D eigenvalue weighted by atomic mass is 10.2. The van der Waals surface area contributed by atoms with Crippen molar-refractivity contribution >= 4 is 0 Å². The fourth-order valence-electron chi connectivity index (χ4n) is 1.94. The SMILES string of the molecule is CCn1nc(C)cc1CCCNC1CC1. The maximum atomic E-state index is 4.45. The third kappa shape index (κ3) is 3.06. The van der Waals surface area contributed by atoms with E-state index in [1.807, 2.05) is 0 Å². The van der Waals surface area contributed by atoms with Gasteiger partial charge in [0.2, 0.25) is 0 Å². The molecule has 3 heteroatoms. The zero-order chi connectivity index (χ0) is 10.7. The van der Waals surface area contributed by atoms with Crippen LogP contribution in [0.25, 0.3) is 0 Å². The number of aromatic nitrogens is 2. The van der Waals surface area contributed by atoms with E-state index < -0.39 is 0 Å². The minimum absolute atomic E-state index is 0.836. The van der Waals surface area contributed by atoms with Crippen molar-refractivity contribution in [2.75, 3.05) is 6.54 Å². The molecule has 1 heterocycles. The third-order valence-corrected chi connectivity index (χ3v) is 2.91. The van der Waals surface area contributed by atoms with Gasteiger partial charge in [-0.15, -0.1) is 0 Å². The number of nitrogens with zero attached hydrogens (tertiary/aromatic N) is 2. The first-order chi connectivity index (χ1) is 7.29. The maximum absolute atomic E-state index is 4.45. The van der Waals surface area contributed by atoms with E-state index in [-0.39, 0.29) is 0 Å². The van der Waals surface area contributed by atoms with Gasteiger partial charge < -0.3 is 5.32 Å². The van der Waals surface area contributed by atoms with Crippen LogP contribution in [0.1, 0.15) is 37.6 Å². The number of hydrogen-bond donors (Lipinski definition) is 1. The van der Waals surface area contributed by atoms with E-state index in [0.29, 0.717) is 0 Å². The van der Waals surface area contributed by atoms with Gasteiger partial charge >= 0.3 is 0 Å². The van der Waals surface area contributed by atoms with Gasteiger partial charge in [-0.3, -0.25) is 4.68 Å². The Morgan fingerprint density at radius 3 is 3.00 bits per heavy atom. The molecule has 0 atom stereocenters. The molecule has 3 nitrogen and oxygen atoms in total. The van der Waals surface area contributed by atoms with Gasteiger partial charge in [-0.05, 0) is 52.1 Å². The summed E-state index contributed by atoms with van der Waals surface area (Å²) in [6.45, 7) is 6.36. The maximum Gasteiger partial charge on any atom is 0.0596 e. The molecule has 15 heavy (non-hydrogen) atoms. The molecule has 1 fully saturated rings. The van der Waals surface area contributed by atoms with E-state index in [4.69, 9.17) is 0 Å². The van der Waals surface area contributed by atoms with E-state index in [1.165, 1.54) is 25.0 Å². The highest BCUT2D eigenvalue weighted by atomic mass is 15.3. The van der Waals surface area contributed by atoms with E-state index in [0.717, 1.165) is 31.2 Å². The molecule has 1 N–H and O–H groups in total. The Kier molecular flexibility index (Phi) is 3.41. The number of hydrogen-bond acceptors (Lipinski definition) is 2. The van der Waals surface area contributed by atoms with Crippen molar-refractivity contribution in [2.45, 2.75) is 52.1 Å². The van der Waals surface area contributed by atoms with Crippen LogP contribution in [0.2, 0.25) is 0 Å². The van der Waals surface area contributed by atoms with Crippen LogP contribution >= 0.6 is 0 Å². The summed E-state index contributed by atoms with van der Waals surface area (Å²) in [5, 5.41) is 7.99. The normalized spacial score (nSPS) is 15.9. The molecule has 0 aliphatic heterocycles. The van der Waals surface area contributed by atoms with Gasteiger partial charge in [0.15, 0.2) is 0 Å². The third-order valence-electron chi connectivity index (χ3n) is 2.91. The van der Waals surface area contributed by atoms with Crippen molar-refractivity contribution in [2.24, 2.45) is 0 Å². The van der Waals surface area contributed by atoms with Crippen LogP contribution in [-0.2, 0) is 13.0 Å². The Labute approximate surface area is 91.9 Å². The topological polar surface area (TPSA) is 29.9 Å². The smallest absolute Gasteiger partial charge is 0.0596 e. The summed E-state index contributed by atoms with van der Waals surface area (Å²) in [6.07, 6.45) is 5.13. The molecule has 84 valence electrons. The fraction of sp³-hybridized carbons (Fsp3) is 0.750. The quantitative estimate of drug-likeness (QED) is 0.722. The molecule has 1 aromatic rings. The number of rotatable bonds is 6. The molecule has 0 bridgehead atoms. The Hall–Kier alpha value is -0.830. The lowest BCUT2D eigenvalue weighted by molar-refractivity contribution is 0.586. The molecule has 0 radical (unpaired) electrons. The Morgan fingerprint density at radius 2 is 2.33 bits per heavy atom. The monoisotopic (exact) mass is 207 g/mol. The largest absolute Gasteiger partial charge is 0.314 e. The lowest BCUT2D eigenvalue weighted by Crippen LogP contribution is -2.18. The zero-order valence-corrected chi connectivity index (χ0v) is 9.79. The minimum atomic E-state index is 0.836. The average Bonchev–Trinajstić information content (AvgIpc) is 2.97. The second kappa shape index (κ2) is 4.79. The van der Waals surface area contributed by atoms with Gasteiger partial charge in [0.25, 0.3) is 0 Å². The highest BCUT2D eigenvalue weighted by Gasteiger charge is 2.19. The summed E-state index contributed by atoms with van der Waals surface area (Å²) in [5.74, 6) is 0. The van der Waals surface area contributed by atoms with Crippen molar-refractivity contribution < 1.29 is 0 Å². The minimum Gasteiger partial charge on any atom is -0.314 e. The molecule has 1 aliphatic carbocycles. The number of aryl methyl sites for hydroxylation is 3. The molecule has 0 saturated heterocycles. The summed E-state index contributed by atoms with van der Waals surface area (Å²) in [4.78, 5) is 0. The molecular formula is C12H21N3. The van der Waals surface area contributed by atoms with Crippen LogP contribution in [0.4, 0.5) is 0 Å². The summed E-state index contributed by atoms with van der Waals surface area (Å²) < 4.78 is 2.12. The molecule has 0 spiro atoms. The van der Waals surface area contributed by atoms with Gasteiger partial charge in [0.1, 0.15) is 0 Å². The fourth-order valence-corrected chi connectivity index (χ4v) is 1.94. The molecule has 0 aromatic carbocycles. The average molecular weight is 207 g/mol. The Bertz CT molecular complexity index is 313. The highest BCUT2D eigenvalue weighted by Crippen LogP contribution is 2.18. The van der Waals surface area contributed by atoms with E-state index in [1.54, 1.807) is 0 Å². The molecule has 0 amide bonds. The van der Waals surface area contributed by atoms with Gasteiger partial charge in [0.05, 0.1) is 5.69 Å². The molecule has 1 aromatic heterocycles. The standard InChI is InChI=1S/C12H21N3/c1-3-15-12(9-10(2)14-15)5-4-8-13-11-6-7-11/h9,11,13H,3-8H2,1-2H3. The Balaban J connectivity index is 1.75. The Morgan fingerprint density at radius 1 is 1.53 bits per heavy atom. The van der Waals surface area contributed by atoms with E-state index in [2.05, 4.69) is 35.0 Å². The van der Waals surface area contributed by atoms with E-state index >= 15 is 0 Å². The second-order valence-electron chi connectivity index (χ2n) is 4.42. The lowest BCUT2D eigenvalue weighted by Gasteiger charge is -2.05. The van der Waals surface area contributed by atoms with Crippen LogP contribution < -0.4 is 5.32 Å². The summed E-state index contributed by atoms with van der Waals surface area (Å²) in [6, 6.07) is 3.04. The summed E-state index contributed by atoms with van der Waals surface area (Å²) in [5.41, 5.74) is 2.52. The van der Waals surface area contributed by atoms with Crippen LogP contribution in [0.15, 0.2) is 6.07 Å². The molecule has 1 saturated carbocycles. The first kappa shape index (κ1) is 10.7. The predicted octanol–water partition coefficient (Wildman–Crippen LogP) is 1.90. The van der Waals surface area contributed by atoms with Gasteiger partial charge in [-0.2, -0.15) is 5.10 Å². The van der Waals surface area contributed by atoms with Crippen LogP contribution in [0.5, 0.6) is 0 Å². The second-order valence-corrected chi connectivity index (χ2v) is 4.42.